The lowest BCUT2D eigenvalue weighted by Gasteiger charge is -2.08. The molecule has 1 unspecified atom stereocenters. The highest BCUT2D eigenvalue weighted by Crippen LogP contribution is 2.16. The van der Waals surface area contributed by atoms with Crippen molar-refractivity contribution in [3.63, 3.8) is 0 Å². The Morgan fingerprint density at radius 2 is 1.95 bits per heavy atom. The van der Waals surface area contributed by atoms with Gasteiger partial charge in [0.1, 0.15) is 0 Å². The molecule has 3 rings (SSSR count). The van der Waals surface area contributed by atoms with Gasteiger partial charge in [-0.25, -0.2) is 4.52 Å². The van der Waals surface area contributed by atoms with Crippen LogP contribution in [0.4, 0.5) is 11.6 Å². The molecule has 0 fully saturated rings. The highest BCUT2D eigenvalue weighted by atomic mass is 15.4. The Hall–Kier alpha value is -2.40. The molecule has 5 heteroatoms. The predicted molar refractivity (Wildman–Crippen MR) is 84.6 cm³/mol. The van der Waals surface area contributed by atoms with Gasteiger partial charge in [0, 0.05) is 11.4 Å². The first-order chi connectivity index (χ1) is 10.3. The molecule has 0 spiro atoms. The molecule has 2 aromatic heterocycles. The van der Waals surface area contributed by atoms with Crippen molar-refractivity contribution >= 4 is 17.3 Å². The van der Waals surface area contributed by atoms with Gasteiger partial charge in [0.15, 0.2) is 5.65 Å². The third-order valence-corrected chi connectivity index (χ3v) is 3.43. The number of anilines is 2. The molecule has 5 nitrogen and oxygen atoms in total. The Kier molecular flexibility index (Phi) is 3.83. The summed E-state index contributed by atoms with van der Waals surface area (Å²) in [5.74, 6) is 1.03. The Bertz CT molecular complexity index is 720. The quantitative estimate of drug-likeness (QED) is 0.754. The maximum absolute atomic E-state index is 5.71. The van der Waals surface area contributed by atoms with Crippen molar-refractivity contribution in [2.24, 2.45) is 11.7 Å². The van der Waals surface area contributed by atoms with Crippen molar-refractivity contribution in [1.82, 2.24) is 14.6 Å². The second kappa shape index (κ2) is 5.93. The maximum atomic E-state index is 5.71. The second-order valence-electron chi connectivity index (χ2n) is 5.26. The van der Waals surface area contributed by atoms with E-state index in [1.807, 2.05) is 47.0 Å². The monoisotopic (exact) mass is 281 g/mol. The zero-order valence-electron chi connectivity index (χ0n) is 12.0. The number of nitrogens with one attached hydrogen (secondary N) is 1. The van der Waals surface area contributed by atoms with Gasteiger partial charge in [-0.05, 0) is 43.1 Å². The lowest BCUT2D eigenvalue weighted by molar-refractivity contribution is 0.575. The molecular weight excluding hydrogens is 262 g/mol. The van der Waals surface area contributed by atoms with Crippen LogP contribution in [0.25, 0.3) is 5.65 Å². The van der Waals surface area contributed by atoms with Gasteiger partial charge in [-0.15, -0.1) is 5.10 Å². The summed E-state index contributed by atoms with van der Waals surface area (Å²) in [4.78, 5) is 4.51. The van der Waals surface area contributed by atoms with Gasteiger partial charge >= 0.3 is 0 Å². The average molecular weight is 281 g/mol. The Morgan fingerprint density at radius 1 is 1.14 bits per heavy atom. The predicted octanol–water partition coefficient (Wildman–Crippen LogP) is 2.61. The normalized spacial score (nSPS) is 12.5. The number of fused-ring (bicyclic) bond motifs is 1. The first-order valence-electron chi connectivity index (χ1n) is 7.13. The first-order valence-corrected chi connectivity index (χ1v) is 7.13. The van der Waals surface area contributed by atoms with E-state index in [1.165, 1.54) is 0 Å². The fraction of sp³-hybridized carbons (Fsp3) is 0.250. The van der Waals surface area contributed by atoms with Gasteiger partial charge < -0.3 is 11.1 Å². The molecule has 0 saturated carbocycles. The molecule has 3 N–H and O–H groups in total. The molecule has 108 valence electrons. The number of nitrogens with zero attached hydrogens (tertiary/aromatic N) is 3. The van der Waals surface area contributed by atoms with Crippen molar-refractivity contribution in [2.75, 3.05) is 11.9 Å². The van der Waals surface area contributed by atoms with Crippen molar-refractivity contribution < 1.29 is 0 Å². The molecule has 3 aromatic rings. The number of aromatic nitrogens is 3. The van der Waals surface area contributed by atoms with E-state index in [4.69, 9.17) is 5.73 Å². The zero-order chi connectivity index (χ0) is 14.7. The number of pyridine rings is 1. The molecular formula is C16H19N5. The van der Waals surface area contributed by atoms with Gasteiger partial charge in [0.25, 0.3) is 0 Å². The number of benzene rings is 1. The van der Waals surface area contributed by atoms with Crippen molar-refractivity contribution in [3.05, 3.63) is 54.2 Å². The minimum Gasteiger partial charge on any atom is -0.330 e. The molecule has 21 heavy (non-hydrogen) atoms. The van der Waals surface area contributed by atoms with Crippen LogP contribution in [0.1, 0.15) is 12.6 Å². The molecule has 0 aliphatic rings. The third kappa shape index (κ3) is 3.03. The molecule has 0 bridgehead atoms. The van der Waals surface area contributed by atoms with Crippen molar-refractivity contribution in [3.8, 4) is 0 Å². The summed E-state index contributed by atoms with van der Waals surface area (Å²) in [7, 11) is 0. The van der Waals surface area contributed by atoms with Gasteiger partial charge in [-0.3, -0.25) is 0 Å². The second-order valence-corrected chi connectivity index (χ2v) is 5.26. The van der Waals surface area contributed by atoms with E-state index in [9.17, 15) is 0 Å². The lowest BCUT2D eigenvalue weighted by Crippen LogP contribution is -2.15. The minimum atomic E-state index is 0.422. The van der Waals surface area contributed by atoms with Crippen LogP contribution >= 0.6 is 0 Å². The van der Waals surface area contributed by atoms with Crippen LogP contribution in [-0.4, -0.2) is 21.1 Å². The minimum absolute atomic E-state index is 0.422. The van der Waals surface area contributed by atoms with Crippen LogP contribution in [-0.2, 0) is 6.42 Å². The summed E-state index contributed by atoms with van der Waals surface area (Å²) in [5.41, 5.74) is 8.66. The summed E-state index contributed by atoms with van der Waals surface area (Å²) in [6.07, 6.45) is 0.891. The molecule has 0 amide bonds. The van der Waals surface area contributed by atoms with E-state index in [0.29, 0.717) is 18.4 Å². The first kappa shape index (κ1) is 13.6. The fourth-order valence-corrected chi connectivity index (χ4v) is 2.26. The van der Waals surface area contributed by atoms with Crippen LogP contribution in [0, 0.1) is 5.92 Å². The topological polar surface area (TPSA) is 68.2 Å². The van der Waals surface area contributed by atoms with E-state index < -0.39 is 0 Å². The number of hydrogen-bond acceptors (Lipinski definition) is 4. The number of nitrogens with two attached hydrogens (primary N) is 1. The zero-order valence-corrected chi connectivity index (χ0v) is 12.0. The Morgan fingerprint density at radius 3 is 2.71 bits per heavy atom. The summed E-state index contributed by atoms with van der Waals surface area (Å²) in [6.45, 7) is 2.80. The molecule has 1 atom stereocenters. The van der Waals surface area contributed by atoms with E-state index in [2.05, 4.69) is 28.4 Å². The highest BCUT2D eigenvalue weighted by molar-refractivity contribution is 5.55. The highest BCUT2D eigenvalue weighted by Gasteiger charge is 2.09. The lowest BCUT2D eigenvalue weighted by atomic mass is 10.1. The van der Waals surface area contributed by atoms with Crippen LogP contribution in [0.2, 0.25) is 0 Å². The average Bonchev–Trinajstić information content (AvgIpc) is 2.91. The SMILES string of the molecule is CC(CN)Cc1cccc2nc(Nc3ccccc3)nn12. The van der Waals surface area contributed by atoms with Crippen LogP contribution in [0.3, 0.4) is 0 Å². The number of rotatable bonds is 5. The van der Waals surface area contributed by atoms with Crippen LogP contribution in [0.5, 0.6) is 0 Å². The van der Waals surface area contributed by atoms with Gasteiger partial charge in [-0.1, -0.05) is 31.2 Å². The smallest absolute Gasteiger partial charge is 0.247 e. The van der Waals surface area contributed by atoms with Crippen LogP contribution < -0.4 is 11.1 Å². The maximum Gasteiger partial charge on any atom is 0.247 e. The molecule has 0 radical (unpaired) electrons. The molecule has 0 aliphatic carbocycles. The molecule has 0 aliphatic heterocycles. The summed E-state index contributed by atoms with van der Waals surface area (Å²) < 4.78 is 1.89. The number of hydrogen-bond donors (Lipinski definition) is 2. The third-order valence-electron chi connectivity index (χ3n) is 3.43. The summed E-state index contributed by atoms with van der Waals surface area (Å²) in [5, 5.41) is 7.77. The molecule has 1 aromatic carbocycles. The van der Waals surface area contributed by atoms with E-state index >= 15 is 0 Å². The van der Waals surface area contributed by atoms with Gasteiger partial charge in [0.05, 0.1) is 0 Å². The van der Waals surface area contributed by atoms with E-state index in [-0.39, 0.29) is 0 Å². The van der Waals surface area contributed by atoms with Gasteiger partial charge in [-0.2, -0.15) is 4.98 Å². The van der Waals surface area contributed by atoms with E-state index in [0.717, 1.165) is 23.4 Å². The van der Waals surface area contributed by atoms with Crippen molar-refractivity contribution in [2.45, 2.75) is 13.3 Å². The molecule has 0 saturated heterocycles. The van der Waals surface area contributed by atoms with Gasteiger partial charge in [0.2, 0.25) is 5.95 Å². The number of para-hydroxylation sites is 1. The standard InChI is InChI=1S/C16H19N5/c1-12(11-17)10-14-8-5-9-15-19-16(20-21(14)15)18-13-6-3-2-4-7-13/h2-9,12H,10-11,17H2,1H3,(H,18,20). The summed E-state index contributed by atoms with van der Waals surface area (Å²) in [6, 6.07) is 16.0. The Balaban J connectivity index is 1.91. The fourth-order valence-electron chi connectivity index (χ4n) is 2.26. The summed E-state index contributed by atoms with van der Waals surface area (Å²) >= 11 is 0. The van der Waals surface area contributed by atoms with Crippen molar-refractivity contribution in [1.29, 1.82) is 0 Å². The Labute approximate surface area is 123 Å². The van der Waals surface area contributed by atoms with E-state index in [1.54, 1.807) is 0 Å². The largest absolute Gasteiger partial charge is 0.330 e. The molecule has 2 heterocycles. The van der Waals surface area contributed by atoms with Crippen LogP contribution in [0.15, 0.2) is 48.5 Å².